The van der Waals surface area contributed by atoms with Crippen molar-refractivity contribution in [2.75, 3.05) is 0 Å². The highest BCUT2D eigenvalue weighted by atomic mass is 16.5. The minimum atomic E-state index is 0.0473. The summed E-state index contributed by atoms with van der Waals surface area (Å²) in [7, 11) is 0. The van der Waals surface area contributed by atoms with Gasteiger partial charge in [0.1, 0.15) is 11.9 Å². The van der Waals surface area contributed by atoms with Gasteiger partial charge < -0.3 is 4.74 Å². The summed E-state index contributed by atoms with van der Waals surface area (Å²) < 4.78 is 6.06. The highest BCUT2D eigenvalue weighted by Crippen LogP contribution is 2.36. The Morgan fingerprint density at radius 3 is 2.41 bits per heavy atom. The first-order valence-corrected chi connectivity index (χ1v) is 5.83. The molecule has 0 spiro atoms. The van der Waals surface area contributed by atoms with Gasteiger partial charge in [0.05, 0.1) is 0 Å². The molecule has 0 fully saturated rings. The number of hydrogen-bond acceptors (Lipinski definition) is 1. The van der Waals surface area contributed by atoms with Crippen molar-refractivity contribution in [3.05, 3.63) is 71.3 Å². The summed E-state index contributed by atoms with van der Waals surface area (Å²) in [6.45, 7) is 2.12. The monoisotopic (exact) mass is 222 g/mol. The molecule has 0 aromatic heterocycles. The van der Waals surface area contributed by atoms with E-state index in [1.165, 1.54) is 11.1 Å². The molecule has 0 bridgehead atoms. The summed E-state index contributed by atoms with van der Waals surface area (Å²) in [5.41, 5.74) is 3.61. The van der Waals surface area contributed by atoms with E-state index in [9.17, 15) is 0 Å². The standard InChI is InChI=1S/C16H14O/c1-12-11-14-9-5-6-10-15(14)17-16(12)13-7-3-2-4-8-13/h2-11,16H,1H3. The van der Waals surface area contributed by atoms with E-state index in [0.717, 1.165) is 11.3 Å². The van der Waals surface area contributed by atoms with E-state index < -0.39 is 0 Å². The van der Waals surface area contributed by atoms with Crippen molar-refractivity contribution in [2.24, 2.45) is 0 Å². The first-order chi connectivity index (χ1) is 8.34. The molecule has 0 amide bonds. The van der Waals surface area contributed by atoms with E-state index >= 15 is 0 Å². The Hall–Kier alpha value is -2.02. The Bertz CT molecular complexity index is 555. The zero-order chi connectivity index (χ0) is 11.7. The summed E-state index contributed by atoms with van der Waals surface area (Å²) in [4.78, 5) is 0. The predicted octanol–water partition coefficient (Wildman–Crippen LogP) is 4.22. The SMILES string of the molecule is CC1=Cc2ccccc2OC1c1ccccc1. The van der Waals surface area contributed by atoms with Crippen LogP contribution < -0.4 is 4.74 Å². The van der Waals surface area contributed by atoms with Crippen LogP contribution in [0.5, 0.6) is 5.75 Å². The molecule has 2 aromatic carbocycles. The Balaban J connectivity index is 2.02. The molecule has 3 rings (SSSR count). The van der Waals surface area contributed by atoms with Crippen LogP contribution >= 0.6 is 0 Å². The molecule has 1 aliphatic heterocycles. The lowest BCUT2D eigenvalue weighted by Gasteiger charge is -2.25. The molecular formula is C16H14O. The number of hydrogen-bond donors (Lipinski definition) is 0. The summed E-state index contributed by atoms with van der Waals surface area (Å²) in [5, 5.41) is 0. The fraction of sp³-hybridized carbons (Fsp3) is 0.125. The number of rotatable bonds is 1. The zero-order valence-electron chi connectivity index (χ0n) is 9.76. The van der Waals surface area contributed by atoms with Crippen LogP contribution in [0.4, 0.5) is 0 Å². The minimum Gasteiger partial charge on any atom is -0.481 e. The fourth-order valence-corrected chi connectivity index (χ4v) is 2.21. The second kappa shape index (κ2) is 4.10. The molecule has 84 valence electrons. The molecule has 0 saturated heterocycles. The van der Waals surface area contributed by atoms with Crippen molar-refractivity contribution < 1.29 is 4.74 Å². The molecule has 1 unspecified atom stereocenters. The molecule has 1 atom stereocenters. The van der Waals surface area contributed by atoms with Gasteiger partial charge in [0.2, 0.25) is 0 Å². The molecular weight excluding hydrogens is 208 g/mol. The average molecular weight is 222 g/mol. The largest absolute Gasteiger partial charge is 0.481 e. The highest BCUT2D eigenvalue weighted by molar-refractivity contribution is 5.63. The molecule has 0 N–H and O–H groups in total. The van der Waals surface area contributed by atoms with E-state index in [-0.39, 0.29) is 6.10 Å². The molecule has 1 nitrogen and oxygen atoms in total. The van der Waals surface area contributed by atoms with Gasteiger partial charge >= 0.3 is 0 Å². The maximum atomic E-state index is 6.06. The zero-order valence-corrected chi connectivity index (χ0v) is 9.76. The van der Waals surface area contributed by atoms with Crippen molar-refractivity contribution in [1.82, 2.24) is 0 Å². The lowest BCUT2D eigenvalue weighted by atomic mass is 9.97. The smallest absolute Gasteiger partial charge is 0.145 e. The van der Waals surface area contributed by atoms with Crippen LogP contribution in [-0.4, -0.2) is 0 Å². The Kier molecular flexibility index (Phi) is 2.45. The number of ether oxygens (including phenoxy) is 1. The van der Waals surface area contributed by atoms with Gasteiger partial charge in [0.25, 0.3) is 0 Å². The van der Waals surface area contributed by atoms with Gasteiger partial charge in [-0.3, -0.25) is 0 Å². The van der Waals surface area contributed by atoms with Gasteiger partial charge in [-0.25, -0.2) is 0 Å². The van der Waals surface area contributed by atoms with Crippen LogP contribution in [0.2, 0.25) is 0 Å². The third kappa shape index (κ3) is 1.84. The maximum Gasteiger partial charge on any atom is 0.145 e. The number of para-hydroxylation sites is 1. The van der Waals surface area contributed by atoms with E-state index in [2.05, 4.69) is 31.2 Å². The summed E-state index contributed by atoms with van der Waals surface area (Å²) in [6.07, 6.45) is 2.25. The predicted molar refractivity (Wildman–Crippen MR) is 69.9 cm³/mol. The van der Waals surface area contributed by atoms with Crippen LogP contribution in [0, 0.1) is 0 Å². The highest BCUT2D eigenvalue weighted by Gasteiger charge is 2.20. The molecule has 17 heavy (non-hydrogen) atoms. The third-order valence-corrected chi connectivity index (χ3v) is 3.06. The first kappa shape index (κ1) is 10.2. The lowest BCUT2D eigenvalue weighted by Crippen LogP contribution is -2.12. The lowest BCUT2D eigenvalue weighted by molar-refractivity contribution is 0.239. The Morgan fingerprint density at radius 1 is 0.882 bits per heavy atom. The van der Waals surface area contributed by atoms with Gasteiger partial charge in [-0.15, -0.1) is 0 Å². The van der Waals surface area contributed by atoms with Gasteiger partial charge in [-0.2, -0.15) is 0 Å². The van der Waals surface area contributed by atoms with Crippen molar-refractivity contribution in [3.8, 4) is 5.75 Å². The number of fused-ring (bicyclic) bond motifs is 1. The molecule has 0 radical (unpaired) electrons. The molecule has 0 saturated carbocycles. The summed E-state index contributed by atoms with van der Waals surface area (Å²) in [5.74, 6) is 0.965. The summed E-state index contributed by atoms with van der Waals surface area (Å²) in [6, 6.07) is 18.5. The van der Waals surface area contributed by atoms with Crippen LogP contribution in [-0.2, 0) is 0 Å². The average Bonchev–Trinajstić information content (AvgIpc) is 2.39. The summed E-state index contributed by atoms with van der Waals surface area (Å²) >= 11 is 0. The van der Waals surface area contributed by atoms with Gasteiger partial charge in [-0.1, -0.05) is 48.5 Å². The fourth-order valence-electron chi connectivity index (χ4n) is 2.21. The van der Waals surface area contributed by atoms with Crippen molar-refractivity contribution >= 4 is 6.08 Å². The second-order valence-corrected chi connectivity index (χ2v) is 4.33. The second-order valence-electron chi connectivity index (χ2n) is 4.33. The van der Waals surface area contributed by atoms with Crippen LogP contribution in [0.25, 0.3) is 6.08 Å². The molecule has 0 aliphatic carbocycles. The normalized spacial score (nSPS) is 17.9. The van der Waals surface area contributed by atoms with Gasteiger partial charge in [0, 0.05) is 5.56 Å². The number of benzene rings is 2. The third-order valence-electron chi connectivity index (χ3n) is 3.06. The Morgan fingerprint density at radius 2 is 1.59 bits per heavy atom. The molecule has 1 heteroatoms. The van der Waals surface area contributed by atoms with Crippen LogP contribution in [0.3, 0.4) is 0 Å². The van der Waals surface area contributed by atoms with Gasteiger partial charge in [-0.05, 0) is 30.2 Å². The van der Waals surface area contributed by atoms with Crippen LogP contribution in [0.1, 0.15) is 24.2 Å². The van der Waals surface area contributed by atoms with E-state index in [1.54, 1.807) is 0 Å². The Labute approximate surface area is 101 Å². The molecule has 1 heterocycles. The van der Waals surface area contributed by atoms with Crippen molar-refractivity contribution in [2.45, 2.75) is 13.0 Å². The topological polar surface area (TPSA) is 9.23 Å². The van der Waals surface area contributed by atoms with Crippen molar-refractivity contribution in [1.29, 1.82) is 0 Å². The van der Waals surface area contributed by atoms with E-state index in [4.69, 9.17) is 4.74 Å². The minimum absolute atomic E-state index is 0.0473. The maximum absolute atomic E-state index is 6.06. The van der Waals surface area contributed by atoms with Gasteiger partial charge in [0.15, 0.2) is 0 Å². The quantitative estimate of drug-likeness (QED) is 0.701. The molecule has 1 aliphatic rings. The van der Waals surface area contributed by atoms with E-state index in [0.29, 0.717) is 0 Å². The van der Waals surface area contributed by atoms with Crippen molar-refractivity contribution in [3.63, 3.8) is 0 Å². The van der Waals surface area contributed by atoms with Crippen LogP contribution in [0.15, 0.2) is 60.2 Å². The first-order valence-electron chi connectivity index (χ1n) is 5.83. The van der Waals surface area contributed by atoms with E-state index in [1.807, 2.05) is 36.4 Å². The molecule has 2 aromatic rings.